The molecule has 0 bridgehead atoms. The van der Waals surface area contributed by atoms with Crippen molar-refractivity contribution in [2.45, 2.75) is 33.8 Å². The van der Waals surface area contributed by atoms with Crippen molar-refractivity contribution in [2.24, 2.45) is 0 Å². The number of nitriles is 1. The summed E-state index contributed by atoms with van der Waals surface area (Å²) in [6.45, 7) is 6.74. The smallest absolute Gasteiger partial charge is 0.409 e. The Hall–Kier alpha value is -2.02. The molecule has 19 heavy (non-hydrogen) atoms. The molecule has 0 spiro atoms. The molecule has 4 heteroatoms. The number of benzene rings is 1. The lowest BCUT2D eigenvalue weighted by molar-refractivity contribution is 0.105. The zero-order valence-corrected chi connectivity index (χ0v) is 12.0. The number of hydrogen-bond donors (Lipinski definition) is 0. The molecule has 0 atom stereocenters. The van der Waals surface area contributed by atoms with Gasteiger partial charge in [0.1, 0.15) is 6.61 Å². The van der Waals surface area contributed by atoms with Gasteiger partial charge in [0, 0.05) is 13.6 Å². The van der Waals surface area contributed by atoms with Gasteiger partial charge >= 0.3 is 6.09 Å². The predicted molar refractivity (Wildman–Crippen MR) is 73.7 cm³/mol. The van der Waals surface area contributed by atoms with Gasteiger partial charge in [-0.05, 0) is 37.5 Å². The van der Waals surface area contributed by atoms with E-state index >= 15 is 0 Å². The van der Waals surface area contributed by atoms with Gasteiger partial charge in [0.25, 0.3) is 0 Å². The molecule has 0 saturated heterocycles. The molecule has 0 aromatic heterocycles. The second-order valence-corrected chi connectivity index (χ2v) is 4.76. The Morgan fingerprint density at radius 1 is 1.32 bits per heavy atom. The number of carbonyl (C=O) groups is 1. The zero-order valence-electron chi connectivity index (χ0n) is 12.0. The normalized spacial score (nSPS) is 9.84. The molecule has 1 aromatic carbocycles. The summed E-state index contributed by atoms with van der Waals surface area (Å²) in [5.74, 6) is 0. The van der Waals surface area contributed by atoms with Crippen LogP contribution in [0.4, 0.5) is 4.79 Å². The van der Waals surface area contributed by atoms with Crippen LogP contribution in [0.25, 0.3) is 0 Å². The Morgan fingerprint density at radius 3 is 2.42 bits per heavy atom. The van der Waals surface area contributed by atoms with E-state index in [0.29, 0.717) is 13.0 Å². The predicted octanol–water partition coefficient (Wildman–Crippen LogP) is 3.09. The van der Waals surface area contributed by atoms with E-state index in [4.69, 9.17) is 10.00 Å². The van der Waals surface area contributed by atoms with Crippen molar-refractivity contribution >= 4 is 6.09 Å². The first-order valence-corrected chi connectivity index (χ1v) is 6.27. The summed E-state index contributed by atoms with van der Waals surface area (Å²) in [6.07, 6.45) is -0.0802. The number of nitrogens with zero attached hydrogens (tertiary/aromatic N) is 2. The number of ether oxygens (including phenoxy) is 1. The maximum absolute atomic E-state index is 11.7. The molecule has 0 N–H and O–H groups in total. The summed E-state index contributed by atoms with van der Waals surface area (Å²) in [5, 5.41) is 8.47. The summed E-state index contributed by atoms with van der Waals surface area (Å²) >= 11 is 0. The molecule has 0 unspecified atom stereocenters. The molecular weight excluding hydrogens is 240 g/mol. The molecule has 102 valence electrons. The maximum atomic E-state index is 11.7. The third-order valence-corrected chi connectivity index (χ3v) is 3.05. The Bertz CT molecular complexity index is 480. The molecule has 0 heterocycles. The summed E-state index contributed by atoms with van der Waals surface area (Å²) in [7, 11) is 1.63. The first-order valence-electron chi connectivity index (χ1n) is 6.27. The molecule has 0 radical (unpaired) electrons. The molecule has 4 nitrogen and oxygen atoms in total. The molecule has 0 aliphatic heterocycles. The van der Waals surface area contributed by atoms with Crippen LogP contribution in [0.1, 0.15) is 28.7 Å². The highest BCUT2D eigenvalue weighted by atomic mass is 16.6. The molecule has 1 aromatic rings. The largest absolute Gasteiger partial charge is 0.445 e. The van der Waals surface area contributed by atoms with E-state index in [0.717, 1.165) is 16.7 Å². The van der Waals surface area contributed by atoms with E-state index in [1.807, 2.05) is 26.8 Å². The first kappa shape index (κ1) is 15.0. The van der Waals surface area contributed by atoms with Crippen LogP contribution in [-0.2, 0) is 11.3 Å². The van der Waals surface area contributed by atoms with Crippen LogP contribution in [0.3, 0.4) is 0 Å². The fraction of sp³-hybridized carbons (Fsp3) is 0.467. The van der Waals surface area contributed by atoms with Gasteiger partial charge in [-0.25, -0.2) is 4.79 Å². The number of carbonyl (C=O) groups excluding carboxylic acids is 1. The van der Waals surface area contributed by atoms with Crippen LogP contribution in [-0.4, -0.2) is 24.6 Å². The number of hydrogen-bond acceptors (Lipinski definition) is 3. The zero-order chi connectivity index (χ0) is 14.4. The van der Waals surface area contributed by atoms with Crippen molar-refractivity contribution in [1.82, 2.24) is 4.90 Å². The minimum absolute atomic E-state index is 0.272. The monoisotopic (exact) mass is 260 g/mol. The van der Waals surface area contributed by atoms with E-state index in [1.54, 1.807) is 7.05 Å². The summed E-state index contributed by atoms with van der Waals surface area (Å²) in [5.41, 5.74) is 4.51. The molecular formula is C15H20N2O2. The molecule has 1 rings (SSSR count). The van der Waals surface area contributed by atoms with Gasteiger partial charge in [-0.1, -0.05) is 17.7 Å². The van der Waals surface area contributed by atoms with Crippen molar-refractivity contribution in [1.29, 1.82) is 5.26 Å². The van der Waals surface area contributed by atoms with Crippen LogP contribution in [0.5, 0.6) is 0 Å². The van der Waals surface area contributed by atoms with Crippen molar-refractivity contribution < 1.29 is 9.53 Å². The van der Waals surface area contributed by atoms with Crippen LogP contribution in [0.2, 0.25) is 0 Å². The molecule has 0 aliphatic rings. The van der Waals surface area contributed by atoms with Crippen LogP contribution >= 0.6 is 0 Å². The molecule has 0 fully saturated rings. The minimum Gasteiger partial charge on any atom is -0.445 e. The third-order valence-electron chi connectivity index (χ3n) is 3.05. The average molecular weight is 260 g/mol. The van der Waals surface area contributed by atoms with E-state index < -0.39 is 6.09 Å². The third kappa shape index (κ3) is 4.29. The molecule has 0 saturated carbocycles. The van der Waals surface area contributed by atoms with E-state index in [-0.39, 0.29) is 6.61 Å². The van der Waals surface area contributed by atoms with Crippen LogP contribution in [0.15, 0.2) is 12.1 Å². The topological polar surface area (TPSA) is 53.3 Å². The molecule has 1 amide bonds. The van der Waals surface area contributed by atoms with Crippen LogP contribution in [0, 0.1) is 32.1 Å². The van der Waals surface area contributed by atoms with Crippen molar-refractivity contribution in [3.63, 3.8) is 0 Å². The lowest BCUT2D eigenvalue weighted by Crippen LogP contribution is -2.28. The van der Waals surface area contributed by atoms with Gasteiger partial charge in [-0.15, -0.1) is 0 Å². The van der Waals surface area contributed by atoms with Crippen molar-refractivity contribution in [3.8, 4) is 6.07 Å². The van der Waals surface area contributed by atoms with Gasteiger partial charge in [0.05, 0.1) is 12.5 Å². The second-order valence-electron chi connectivity index (χ2n) is 4.76. The summed E-state index contributed by atoms with van der Waals surface area (Å²) in [4.78, 5) is 13.1. The van der Waals surface area contributed by atoms with Gasteiger partial charge < -0.3 is 9.64 Å². The highest BCUT2D eigenvalue weighted by molar-refractivity contribution is 5.67. The lowest BCUT2D eigenvalue weighted by Gasteiger charge is -2.17. The van der Waals surface area contributed by atoms with Gasteiger partial charge in [0.2, 0.25) is 0 Å². The minimum atomic E-state index is -0.394. The van der Waals surface area contributed by atoms with Crippen molar-refractivity contribution in [2.75, 3.05) is 13.6 Å². The van der Waals surface area contributed by atoms with E-state index in [2.05, 4.69) is 12.1 Å². The van der Waals surface area contributed by atoms with E-state index in [9.17, 15) is 4.79 Å². The maximum Gasteiger partial charge on any atom is 0.409 e. The molecule has 0 aliphatic carbocycles. The van der Waals surface area contributed by atoms with Gasteiger partial charge in [0.15, 0.2) is 0 Å². The fourth-order valence-electron chi connectivity index (χ4n) is 1.99. The second kappa shape index (κ2) is 6.79. The van der Waals surface area contributed by atoms with E-state index in [1.165, 1.54) is 10.5 Å². The first-order chi connectivity index (χ1) is 8.95. The lowest BCUT2D eigenvalue weighted by atomic mass is 10.0. The Labute approximate surface area is 114 Å². The number of aryl methyl sites for hydroxylation is 3. The summed E-state index contributed by atoms with van der Waals surface area (Å²) < 4.78 is 5.27. The van der Waals surface area contributed by atoms with Crippen molar-refractivity contribution in [3.05, 3.63) is 34.4 Å². The van der Waals surface area contributed by atoms with Gasteiger partial charge in [-0.3, -0.25) is 0 Å². The van der Waals surface area contributed by atoms with Gasteiger partial charge in [-0.2, -0.15) is 5.26 Å². The SMILES string of the molecule is Cc1cc(C)c(COC(=O)N(C)CCC#N)c(C)c1. The fourth-order valence-corrected chi connectivity index (χ4v) is 1.99. The standard InChI is InChI=1S/C15H20N2O2/c1-11-8-12(2)14(13(3)9-11)10-19-15(18)17(4)7-5-6-16/h8-9H,5,7,10H2,1-4H3. The number of rotatable bonds is 4. The summed E-state index contributed by atoms with van der Waals surface area (Å²) in [6, 6.07) is 6.16. The van der Waals surface area contributed by atoms with Crippen LogP contribution < -0.4 is 0 Å². The quantitative estimate of drug-likeness (QED) is 0.836. The number of amides is 1. The highest BCUT2D eigenvalue weighted by Gasteiger charge is 2.11. The Kier molecular flexibility index (Phi) is 5.37. The average Bonchev–Trinajstić information content (AvgIpc) is 2.34. The highest BCUT2D eigenvalue weighted by Crippen LogP contribution is 2.17. The Balaban J connectivity index is 2.63. The Morgan fingerprint density at radius 2 is 1.89 bits per heavy atom.